The lowest BCUT2D eigenvalue weighted by Gasteiger charge is -2.09. The average molecular weight is 320 g/mol. The summed E-state index contributed by atoms with van der Waals surface area (Å²) in [7, 11) is -3.46. The minimum Gasteiger partial charge on any atom is -0.380 e. The first-order valence-electron chi connectivity index (χ1n) is 6.68. The molecule has 0 amide bonds. The van der Waals surface area contributed by atoms with Gasteiger partial charge in [-0.25, -0.2) is 13.1 Å². The molecule has 0 saturated heterocycles. The molecule has 1 N–H and O–H groups in total. The van der Waals surface area contributed by atoms with Gasteiger partial charge in [0.05, 0.1) is 11.5 Å². The van der Waals surface area contributed by atoms with Crippen LogP contribution >= 0.6 is 11.6 Å². The molecular formula is C14H22ClNO3S. The van der Waals surface area contributed by atoms with Crippen molar-refractivity contribution in [2.45, 2.75) is 25.2 Å². The lowest BCUT2D eigenvalue weighted by Crippen LogP contribution is -2.27. The second-order valence-electron chi connectivity index (χ2n) is 4.95. The van der Waals surface area contributed by atoms with E-state index in [-0.39, 0.29) is 11.4 Å². The van der Waals surface area contributed by atoms with Crippen molar-refractivity contribution in [1.29, 1.82) is 0 Å². The third-order valence-electron chi connectivity index (χ3n) is 2.61. The number of benzene rings is 1. The van der Waals surface area contributed by atoms with Crippen LogP contribution in [0.1, 0.15) is 19.4 Å². The minimum atomic E-state index is -3.46. The number of aryl methyl sites for hydroxylation is 1. The van der Waals surface area contributed by atoms with Crippen molar-refractivity contribution < 1.29 is 13.2 Å². The van der Waals surface area contributed by atoms with E-state index < -0.39 is 10.0 Å². The molecule has 0 aromatic heterocycles. The summed E-state index contributed by atoms with van der Waals surface area (Å²) in [5.41, 5.74) is 1.03. The Labute approximate surface area is 126 Å². The van der Waals surface area contributed by atoms with E-state index in [0.717, 1.165) is 12.0 Å². The molecular weight excluding hydrogens is 298 g/mol. The summed E-state index contributed by atoms with van der Waals surface area (Å²) in [6, 6.07) is 6.76. The lowest BCUT2D eigenvalue weighted by atomic mass is 10.2. The van der Waals surface area contributed by atoms with Crippen molar-refractivity contribution in [3.05, 3.63) is 29.8 Å². The van der Waals surface area contributed by atoms with Crippen LogP contribution in [0.15, 0.2) is 29.2 Å². The van der Waals surface area contributed by atoms with Crippen LogP contribution in [0.25, 0.3) is 0 Å². The third-order valence-corrected chi connectivity index (χ3v) is 4.27. The zero-order chi connectivity index (χ0) is 15.0. The zero-order valence-electron chi connectivity index (χ0n) is 11.9. The number of rotatable bonds is 9. The molecule has 4 nitrogen and oxygen atoms in total. The highest BCUT2D eigenvalue weighted by Crippen LogP contribution is 2.11. The highest BCUT2D eigenvalue weighted by molar-refractivity contribution is 7.89. The Morgan fingerprint density at radius 3 is 2.45 bits per heavy atom. The van der Waals surface area contributed by atoms with Gasteiger partial charge in [0.2, 0.25) is 10.0 Å². The highest BCUT2D eigenvalue weighted by Gasteiger charge is 2.12. The number of halogens is 1. The van der Waals surface area contributed by atoms with Crippen LogP contribution in [0.2, 0.25) is 0 Å². The zero-order valence-corrected chi connectivity index (χ0v) is 13.5. The smallest absolute Gasteiger partial charge is 0.240 e. The summed E-state index contributed by atoms with van der Waals surface area (Å²) in [6.07, 6.45) is 0.734. The quantitative estimate of drug-likeness (QED) is 0.562. The number of alkyl halides is 1. The van der Waals surface area contributed by atoms with Crippen molar-refractivity contribution in [1.82, 2.24) is 4.72 Å². The molecule has 0 fully saturated rings. The van der Waals surface area contributed by atoms with Gasteiger partial charge in [0.1, 0.15) is 0 Å². The van der Waals surface area contributed by atoms with Gasteiger partial charge < -0.3 is 4.74 Å². The largest absolute Gasteiger partial charge is 0.380 e. The van der Waals surface area contributed by atoms with Gasteiger partial charge in [-0.15, -0.1) is 11.6 Å². The van der Waals surface area contributed by atoms with Crippen molar-refractivity contribution >= 4 is 21.6 Å². The van der Waals surface area contributed by atoms with E-state index >= 15 is 0 Å². The first-order chi connectivity index (χ1) is 9.45. The van der Waals surface area contributed by atoms with Crippen LogP contribution in [0.4, 0.5) is 0 Å². The van der Waals surface area contributed by atoms with Gasteiger partial charge in [-0.1, -0.05) is 26.0 Å². The standard InChI is InChI=1S/C14H22ClNO3S/c1-12(2)11-19-10-9-16-20(17,18)14-5-3-13(4-6-14)7-8-15/h3-6,12,16H,7-11H2,1-2H3. The van der Waals surface area contributed by atoms with Gasteiger partial charge >= 0.3 is 0 Å². The third kappa shape index (κ3) is 6.22. The van der Waals surface area contributed by atoms with Crippen LogP contribution in [0, 0.1) is 5.92 Å². The maximum absolute atomic E-state index is 12.0. The van der Waals surface area contributed by atoms with Gasteiger partial charge in [0, 0.05) is 19.0 Å². The summed E-state index contributed by atoms with van der Waals surface area (Å²) in [4.78, 5) is 0.264. The molecule has 1 aromatic rings. The molecule has 0 heterocycles. The Balaban J connectivity index is 2.47. The molecule has 20 heavy (non-hydrogen) atoms. The first kappa shape index (κ1) is 17.4. The van der Waals surface area contributed by atoms with E-state index in [1.807, 2.05) is 13.8 Å². The Hall–Kier alpha value is -0.620. The maximum atomic E-state index is 12.0. The van der Waals surface area contributed by atoms with E-state index in [1.165, 1.54) is 0 Å². The van der Waals surface area contributed by atoms with E-state index in [0.29, 0.717) is 25.0 Å². The molecule has 0 aliphatic heterocycles. The number of ether oxygens (including phenoxy) is 1. The Morgan fingerprint density at radius 2 is 1.90 bits per heavy atom. The maximum Gasteiger partial charge on any atom is 0.240 e. The summed E-state index contributed by atoms with van der Waals surface area (Å²) in [5.74, 6) is 0.971. The Morgan fingerprint density at radius 1 is 1.25 bits per heavy atom. The SMILES string of the molecule is CC(C)COCCNS(=O)(=O)c1ccc(CCCl)cc1. The van der Waals surface area contributed by atoms with Gasteiger partial charge in [-0.2, -0.15) is 0 Å². The summed E-state index contributed by atoms with van der Waals surface area (Å²) < 4.78 is 31.9. The van der Waals surface area contributed by atoms with Crippen molar-refractivity contribution in [3.63, 3.8) is 0 Å². The molecule has 1 aromatic carbocycles. The monoisotopic (exact) mass is 319 g/mol. The fourth-order valence-electron chi connectivity index (χ4n) is 1.59. The summed E-state index contributed by atoms with van der Waals surface area (Å²) >= 11 is 5.64. The van der Waals surface area contributed by atoms with E-state index in [1.54, 1.807) is 24.3 Å². The van der Waals surface area contributed by atoms with Crippen molar-refractivity contribution in [2.24, 2.45) is 5.92 Å². The fraction of sp³-hybridized carbons (Fsp3) is 0.571. The number of sulfonamides is 1. The molecule has 0 bridgehead atoms. The number of nitrogens with one attached hydrogen (secondary N) is 1. The van der Waals surface area contributed by atoms with Gasteiger partial charge in [0.15, 0.2) is 0 Å². The Bertz CT molecular complexity index is 486. The van der Waals surface area contributed by atoms with Crippen molar-refractivity contribution in [2.75, 3.05) is 25.6 Å². The number of hydrogen-bond acceptors (Lipinski definition) is 3. The fourth-order valence-corrected chi connectivity index (χ4v) is 2.83. The van der Waals surface area contributed by atoms with Gasteiger partial charge in [-0.05, 0) is 30.0 Å². The highest BCUT2D eigenvalue weighted by atomic mass is 35.5. The van der Waals surface area contributed by atoms with Crippen LogP contribution in [-0.4, -0.2) is 34.1 Å². The van der Waals surface area contributed by atoms with Crippen LogP contribution in [0.5, 0.6) is 0 Å². The summed E-state index contributed by atoms with van der Waals surface area (Å²) in [6.45, 7) is 5.38. The average Bonchev–Trinajstić information content (AvgIpc) is 2.39. The second-order valence-corrected chi connectivity index (χ2v) is 7.09. The van der Waals surface area contributed by atoms with Crippen molar-refractivity contribution in [3.8, 4) is 0 Å². The van der Waals surface area contributed by atoms with E-state index in [4.69, 9.17) is 16.3 Å². The molecule has 1 rings (SSSR count). The molecule has 0 spiro atoms. The molecule has 0 aliphatic carbocycles. The van der Waals surface area contributed by atoms with E-state index in [2.05, 4.69) is 4.72 Å². The molecule has 6 heteroatoms. The molecule has 0 saturated carbocycles. The first-order valence-corrected chi connectivity index (χ1v) is 8.70. The van der Waals surface area contributed by atoms with Crippen LogP contribution in [0.3, 0.4) is 0 Å². The predicted molar refractivity (Wildman–Crippen MR) is 81.7 cm³/mol. The van der Waals surface area contributed by atoms with Crippen LogP contribution in [-0.2, 0) is 21.2 Å². The lowest BCUT2D eigenvalue weighted by molar-refractivity contribution is 0.114. The predicted octanol–water partition coefficient (Wildman–Crippen LogP) is 2.42. The van der Waals surface area contributed by atoms with Gasteiger partial charge in [0.25, 0.3) is 0 Å². The van der Waals surface area contributed by atoms with Crippen LogP contribution < -0.4 is 4.72 Å². The molecule has 0 unspecified atom stereocenters. The molecule has 0 atom stereocenters. The summed E-state index contributed by atoms with van der Waals surface area (Å²) in [5, 5.41) is 0. The molecule has 0 aliphatic rings. The second kappa shape index (κ2) is 8.62. The minimum absolute atomic E-state index is 0.264. The van der Waals surface area contributed by atoms with Gasteiger partial charge in [-0.3, -0.25) is 0 Å². The molecule has 0 radical (unpaired) electrons. The normalized spacial score (nSPS) is 12.0. The Kier molecular flexibility index (Phi) is 7.51. The van der Waals surface area contributed by atoms with E-state index in [9.17, 15) is 8.42 Å². The molecule has 114 valence electrons. The topological polar surface area (TPSA) is 55.4 Å². The number of hydrogen-bond donors (Lipinski definition) is 1.